The molecule has 2 aromatic carbocycles. The molecule has 0 aliphatic carbocycles. The maximum atomic E-state index is 12.3. The summed E-state index contributed by atoms with van der Waals surface area (Å²) in [4.78, 5) is 16.8. The number of hydrogen-bond donors (Lipinski definition) is 1. The van der Waals surface area contributed by atoms with Gasteiger partial charge in [-0.05, 0) is 66.6 Å². The van der Waals surface area contributed by atoms with Crippen molar-refractivity contribution in [1.29, 1.82) is 0 Å². The van der Waals surface area contributed by atoms with Crippen LogP contribution in [0.5, 0.6) is 5.75 Å². The lowest BCUT2D eigenvalue weighted by Gasteiger charge is -2.18. The van der Waals surface area contributed by atoms with Crippen LogP contribution in [0.4, 0.5) is 5.13 Å². The number of nitrogens with one attached hydrogen (secondary N) is 1. The first-order chi connectivity index (χ1) is 13.6. The Morgan fingerprint density at radius 1 is 1.17 bits per heavy atom. The number of rotatable bonds is 6. The number of amides is 1. The molecule has 1 heterocycles. The molecule has 0 aliphatic rings. The van der Waals surface area contributed by atoms with Crippen molar-refractivity contribution >= 4 is 44.2 Å². The molecule has 0 saturated carbocycles. The Bertz CT molecular complexity index is 1010. The molecule has 0 saturated heterocycles. The van der Waals surface area contributed by atoms with Gasteiger partial charge >= 0.3 is 0 Å². The molecule has 0 aliphatic heterocycles. The SMILES string of the molecule is Cc1cc(OCCCC(=O)Nc2nc3ccc(C(C)(C)C)cc3s2)cc(C)c1Cl. The third-order valence-corrected chi connectivity index (χ3v) is 6.26. The molecule has 0 spiro atoms. The highest BCUT2D eigenvalue weighted by molar-refractivity contribution is 7.22. The van der Waals surface area contributed by atoms with Crippen LogP contribution in [0.15, 0.2) is 30.3 Å². The quantitative estimate of drug-likeness (QED) is 0.444. The summed E-state index contributed by atoms with van der Waals surface area (Å²) < 4.78 is 6.85. The Balaban J connectivity index is 1.52. The molecule has 6 heteroatoms. The van der Waals surface area contributed by atoms with Gasteiger partial charge in [0.1, 0.15) is 5.75 Å². The zero-order valence-electron chi connectivity index (χ0n) is 17.6. The lowest BCUT2D eigenvalue weighted by Crippen LogP contribution is -2.12. The number of fused-ring (bicyclic) bond motifs is 1. The van der Waals surface area contributed by atoms with Gasteiger partial charge in [-0.3, -0.25) is 4.79 Å². The molecule has 0 fully saturated rings. The second kappa shape index (κ2) is 8.72. The van der Waals surface area contributed by atoms with E-state index in [-0.39, 0.29) is 11.3 Å². The van der Waals surface area contributed by atoms with Crippen molar-refractivity contribution in [2.75, 3.05) is 11.9 Å². The summed E-state index contributed by atoms with van der Waals surface area (Å²) in [5.41, 5.74) is 4.24. The summed E-state index contributed by atoms with van der Waals surface area (Å²) in [6, 6.07) is 10.1. The zero-order chi connectivity index (χ0) is 21.2. The van der Waals surface area contributed by atoms with Gasteiger partial charge in [-0.1, -0.05) is 49.8 Å². The molecule has 1 aromatic heterocycles. The Kier molecular flexibility index (Phi) is 6.49. The number of carbonyl (C=O) groups is 1. The maximum absolute atomic E-state index is 12.3. The minimum absolute atomic E-state index is 0.0489. The van der Waals surface area contributed by atoms with Gasteiger partial charge in [0.15, 0.2) is 5.13 Å². The van der Waals surface area contributed by atoms with E-state index in [1.54, 1.807) is 0 Å². The number of carbonyl (C=O) groups excluding carboxylic acids is 1. The number of aromatic nitrogens is 1. The first kappa shape index (κ1) is 21.6. The zero-order valence-corrected chi connectivity index (χ0v) is 19.1. The second-order valence-electron chi connectivity index (χ2n) is 8.32. The van der Waals surface area contributed by atoms with Crippen LogP contribution in [-0.2, 0) is 10.2 Å². The second-order valence-corrected chi connectivity index (χ2v) is 9.73. The van der Waals surface area contributed by atoms with Gasteiger partial charge in [0.2, 0.25) is 5.91 Å². The van der Waals surface area contributed by atoms with Crippen LogP contribution < -0.4 is 10.1 Å². The number of hydrogen-bond acceptors (Lipinski definition) is 4. The van der Waals surface area contributed by atoms with E-state index < -0.39 is 0 Å². The molecule has 154 valence electrons. The van der Waals surface area contributed by atoms with Crippen molar-refractivity contribution in [2.24, 2.45) is 0 Å². The lowest BCUT2D eigenvalue weighted by molar-refractivity contribution is -0.116. The van der Waals surface area contributed by atoms with Crippen LogP contribution in [0.1, 0.15) is 50.3 Å². The molecule has 0 unspecified atom stereocenters. The van der Waals surface area contributed by atoms with Crippen LogP contribution in [0.25, 0.3) is 10.2 Å². The molecule has 1 N–H and O–H groups in total. The minimum Gasteiger partial charge on any atom is -0.494 e. The molecular formula is C23H27ClN2O2S. The highest BCUT2D eigenvalue weighted by atomic mass is 35.5. The van der Waals surface area contributed by atoms with Gasteiger partial charge in [-0.25, -0.2) is 4.98 Å². The van der Waals surface area contributed by atoms with E-state index >= 15 is 0 Å². The van der Waals surface area contributed by atoms with Gasteiger partial charge in [-0.2, -0.15) is 0 Å². The van der Waals surface area contributed by atoms with Crippen LogP contribution in [0.3, 0.4) is 0 Å². The molecular weight excluding hydrogens is 404 g/mol. The van der Waals surface area contributed by atoms with E-state index in [0.29, 0.717) is 24.6 Å². The number of aryl methyl sites for hydroxylation is 2. The third kappa shape index (κ3) is 5.49. The largest absolute Gasteiger partial charge is 0.494 e. The Hall–Kier alpha value is -2.11. The van der Waals surface area contributed by atoms with Gasteiger partial charge in [0.05, 0.1) is 16.8 Å². The minimum atomic E-state index is -0.0489. The van der Waals surface area contributed by atoms with Crippen molar-refractivity contribution < 1.29 is 9.53 Å². The number of ether oxygens (including phenoxy) is 1. The number of nitrogens with zero attached hydrogens (tertiary/aromatic N) is 1. The van der Waals surface area contributed by atoms with E-state index in [1.165, 1.54) is 16.9 Å². The van der Waals surface area contributed by atoms with Crippen LogP contribution in [-0.4, -0.2) is 17.5 Å². The average Bonchev–Trinajstić information content (AvgIpc) is 3.03. The Labute approximate surface area is 181 Å². The van der Waals surface area contributed by atoms with Gasteiger partial charge in [0.25, 0.3) is 0 Å². The summed E-state index contributed by atoms with van der Waals surface area (Å²) in [6.45, 7) is 10.9. The Morgan fingerprint density at radius 2 is 1.86 bits per heavy atom. The van der Waals surface area contributed by atoms with Crippen molar-refractivity contribution in [1.82, 2.24) is 4.98 Å². The standard InChI is InChI=1S/C23H27ClN2O2S/c1-14-11-17(12-15(2)21(14)24)28-10-6-7-20(27)26-22-25-18-9-8-16(23(3,4)5)13-19(18)29-22/h8-9,11-13H,6-7,10H2,1-5H3,(H,25,26,27). The summed E-state index contributed by atoms with van der Waals surface area (Å²) in [6.07, 6.45) is 1.01. The van der Waals surface area contributed by atoms with Crippen molar-refractivity contribution in [3.63, 3.8) is 0 Å². The number of anilines is 1. The smallest absolute Gasteiger partial charge is 0.226 e. The van der Waals surface area contributed by atoms with Crippen molar-refractivity contribution in [3.8, 4) is 5.75 Å². The maximum Gasteiger partial charge on any atom is 0.226 e. The van der Waals surface area contributed by atoms with Crippen LogP contribution >= 0.6 is 22.9 Å². The fourth-order valence-electron chi connectivity index (χ4n) is 3.04. The number of thiazole rings is 1. The molecule has 4 nitrogen and oxygen atoms in total. The van der Waals surface area contributed by atoms with Crippen molar-refractivity contribution in [3.05, 3.63) is 52.0 Å². The summed E-state index contributed by atoms with van der Waals surface area (Å²) in [7, 11) is 0. The van der Waals surface area contributed by atoms with Crippen LogP contribution in [0, 0.1) is 13.8 Å². The van der Waals surface area contributed by atoms with E-state index in [9.17, 15) is 4.79 Å². The van der Waals surface area contributed by atoms with E-state index in [4.69, 9.17) is 16.3 Å². The molecule has 0 bridgehead atoms. The summed E-state index contributed by atoms with van der Waals surface area (Å²) in [5.74, 6) is 0.734. The summed E-state index contributed by atoms with van der Waals surface area (Å²) >= 11 is 7.69. The fraction of sp³-hybridized carbons (Fsp3) is 0.391. The molecule has 1 amide bonds. The first-order valence-electron chi connectivity index (χ1n) is 9.74. The van der Waals surface area contributed by atoms with E-state index in [2.05, 4.69) is 43.2 Å². The molecule has 3 rings (SSSR count). The number of halogens is 1. The normalized spacial score (nSPS) is 11.7. The van der Waals surface area contributed by atoms with E-state index in [1.807, 2.05) is 32.0 Å². The first-order valence-corrected chi connectivity index (χ1v) is 10.9. The lowest BCUT2D eigenvalue weighted by atomic mass is 9.87. The predicted octanol–water partition coefficient (Wildman–Crippen LogP) is 6.66. The fourth-order valence-corrected chi connectivity index (χ4v) is 4.07. The monoisotopic (exact) mass is 430 g/mol. The van der Waals surface area contributed by atoms with Crippen LogP contribution in [0.2, 0.25) is 5.02 Å². The van der Waals surface area contributed by atoms with Gasteiger partial charge in [-0.15, -0.1) is 0 Å². The highest BCUT2D eigenvalue weighted by Crippen LogP contribution is 2.31. The molecule has 3 aromatic rings. The highest BCUT2D eigenvalue weighted by Gasteiger charge is 2.15. The Morgan fingerprint density at radius 3 is 2.52 bits per heavy atom. The van der Waals surface area contributed by atoms with Crippen molar-refractivity contribution in [2.45, 2.75) is 52.9 Å². The molecule has 29 heavy (non-hydrogen) atoms. The van der Waals surface area contributed by atoms with E-state index in [0.717, 1.165) is 32.1 Å². The topological polar surface area (TPSA) is 51.2 Å². The average molecular weight is 431 g/mol. The summed E-state index contributed by atoms with van der Waals surface area (Å²) in [5, 5.41) is 4.32. The predicted molar refractivity (Wildman–Crippen MR) is 123 cm³/mol. The molecule has 0 radical (unpaired) electrons. The molecule has 0 atom stereocenters. The van der Waals surface area contributed by atoms with Gasteiger partial charge in [0, 0.05) is 11.4 Å². The third-order valence-electron chi connectivity index (χ3n) is 4.73. The number of benzene rings is 2. The van der Waals surface area contributed by atoms with Gasteiger partial charge < -0.3 is 10.1 Å².